The van der Waals surface area contributed by atoms with Gasteiger partial charge in [0.1, 0.15) is 17.3 Å². The molecule has 5 heteroatoms. The minimum atomic E-state index is 0.604. The first-order chi connectivity index (χ1) is 10.2. The van der Waals surface area contributed by atoms with Gasteiger partial charge in [0.15, 0.2) is 5.82 Å². The Morgan fingerprint density at radius 2 is 2.10 bits per heavy atom. The first kappa shape index (κ1) is 13.4. The summed E-state index contributed by atoms with van der Waals surface area (Å²) in [6.07, 6.45) is 0.896. The lowest BCUT2D eigenvalue weighted by atomic mass is 10.2. The van der Waals surface area contributed by atoms with Crippen molar-refractivity contribution in [3.05, 3.63) is 35.5 Å². The lowest BCUT2D eigenvalue weighted by Crippen LogP contribution is -2.03. The molecule has 106 valence electrons. The summed E-state index contributed by atoms with van der Waals surface area (Å²) in [4.78, 5) is 4.69. The van der Waals surface area contributed by atoms with Gasteiger partial charge in [-0.05, 0) is 31.5 Å². The van der Waals surface area contributed by atoms with Gasteiger partial charge >= 0.3 is 0 Å². The summed E-state index contributed by atoms with van der Waals surface area (Å²) in [5.74, 6) is 0.849. The van der Waals surface area contributed by atoms with Crippen LogP contribution >= 0.6 is 0 Å². The van der Waals surface area contributed by atoms with Crippen LogP contribution in [0, 0.1) is 11.3 Å². The van der Waals surface area contributed by atoms with Gasteiger partial charge in [0.25, 0.3) is 0 Å². The summed E-state index contributed by atoms with van der Waals surface area (Å²) in [7, 11) is 1.98. The van der Waals surface area contributed by atoms with E-state index < -0.39 is 0 Å². The lowest BCUT2D eigenvalue weighted by Gasteiger charge is -2.04. The summed E-state index contributed by atoms with van der Waals surface area (Å²) < 4.78 is 3.99. The van der Waals surface area contributed by atoms with E-state index in [1.807, 2.05) is 28.4 Å². The zero-order chi connectivity index (χ0) is 15.0. The number of nitriles is 1. The Balaban J connectivity index is 2.29. The lowest BCUT2D eigenvalue weighted by molar-refractivity contribution is 0.650. The highest BCUT2D eigenvalue weighted by Gasteiger charge is 2.16. The van der Waals surface area contributed by atoms with Crippen LogP contribution < -0.4 is 0 Å². The zero-order valence-corrected chi connectivity index (χ0v) is 12.5. The largest absolute Gasteiger partial charge is 0.326 e. The quantitative estimate of drug-likeness (QED) is 0.740. The Kier molecular flexibility index (Phi) is 3.22. The van der Waals surface area contributed by atoms with Gasteiger partial charge in [-0.3, -0.25) is 4.68 Å². The molecule has 0 radical (unpaired) electrons. The summed E-state index contributed by atoms with van der Waals surface area (Å²) in [6.45, 7) is 4.96. The normalized spacial score (nSPS) is 11.0. The maximum absolute atomic E-state index is 9.23. The molecule has 0 atom stereocenters. The molecule has 0 bridgehead atoms. The molecule has 1 aromatic carbocycles. The average molecular weight is 279 g/mol. The molecule has 0 N–H and O–H groups in total. The molecule has 5 nitrogen and oxygen atoms in total. The minimum Gasteiger partial charge on any atom is -0.326 e. The van der Waals surface area contributed by atoms with Gasteiger partial charge in [-0.25, -0.2) is 4.98 Å². The molecule has 2 heterocycles. The van der Waals surface area contributed by atoms with Crippen LogP contribution in [0.15, 0.2) is 24.3 Å². The summed E-state index contributed by atoms with van der Waals surface area (Å²) in [5, 5.41) is 13.8. The predicted octanol–water partition coefficient (Wildman–Crippen LogP) is 2.89. The molecule has 21 heavy (non-hydrogen) atoms. The molecular formula is C16H17N5. The van der Waals surface area contributed by atoms with Crippen LogP contribution in [0.1, 0.15) is 25.1 Å². The van der Waals surface area contributed by atoms with E-state index in [0.717, 1.165) is 41.2 Å². The Bertz CT molecular complexity index is 848. The van der Waals surface area contributed by atoms with E-state index in [-0.39, 0.29) is 0 Å². The van der Waals surface area contributed by atoms with Crippen LogP contribution in [0.5, 0.6) is 0 Å². The molecule has 0 amide bonds. The van der Waals surface area contributed by atoms with Crippen LogP contribution in [-0.4, -0.2) is 19.3 Å². The van der Waals surface area contributed by atoms with Crippen LogP contribution in [-0.2, 0) is 20.0 Å². The predicted molar refractivity (Wildman–Crippen MR) is 81.7 cm³/mol. The number of para-hydroxylation sites is 1. The van der Waals surface area contributed by atoms with Gasteiger partial charge in [0.05, 0.1) is 16.8 Å². The van der Waals surface area contributed by atoms with Crippen LogP contribution in [0.25, 0.3) is 22.6 Å². The second-order valence-electron chi connectivity index (χ2n) is 4.97. The van der Waals surface area contributed by atoms with Crippen molar-refractivity contribution in [2.75, 3.05) is 0 Å². The fourth-order valence-electron chi connectivity index (χ4n) is 2.60. The Morgan fingerprint density at radius 1 is 1.29 bits per heavy atom. The number of imidazole rings is 1. The standard InChI is InChI=1S/C16H17N5/c1-4-12-9-14(21(5-2)19-12)16-18-15-11(10-17)7-6-8-13(15)20(16)3/h6-9H,4-5H2,1-3H3. The van der Waals surface area contributed by atoms with Crippen molar-refractivity contribution in [3.63, 3.8) is 0 Å². The fraction of sp³-hybridized carbons (Fsp3) is 0.312. The summed E-state index contributed by atoms with van der Waals surface area (Å²) in [5.41, 5.74) is 4.37. The van der Waals surface area contributed by atoms with Gasteiger partial charge in [-0.2, -0.15) is 10.4 Å². The van der Waals surface area contributed by atoms with Gasteiger partial charge < -0.3 is 4.57 Å². The summed E-state index contributed by atoms with van der Waals surface area (Å²) >= 11 is 0. The Hall–Kier alpha value is -2.61. The third kappa shape index (κ3) is 2.00. The van der Waals surface area contributed by atoms with Crippen LogP contribution in [0.4, 0.5) is 0 Å². The molecule has 3 aromatic rings. The van der Waals surface area contributed by atoms with Crippen molar-refractivity contribution >= 4 is 11.0 Å². The van der Waals surface area contributed by atoms with Crippen molar-refractivity contribution in [3.8, 4) is 17.6 Å². The van der Waals surface area contributed by atoms with Gasteiger partial charge in [0, 0.05) is 13.6 Å². The molecule has 3 rings (SSSR count). The number of hydrogen-bond acceptors (Lipinski definition) is 3. The number of aromatic nitrogens is 4. The maximum Gasteiger partial charge on any atom is 0.159 e. The molecule has 0 aliphatic carbocycles. The molecule has 0 unspecified atom stereocenters. The molecule has 2 aromatic heterocycles. The number of aryl methyl sites for hydroxylation is 3. The number of hydrogen-bond donors (Lipinski definition) is 0. The number of rotatable bonds is 3. The molecule has 0 spiro atoms. The minimum absolute atomic E-state index is 0.604. The van der Waals surface area contributed by atoms with E-state index in [9.17, 15) is 5.26 Å². The zero-order valence-electron chi connectivity index (χ0n) is 12.5. The molecule has 0 saturated heterocycles. The first-order valence-corrected chi connectivity index (χ1v) is 7.12. The second-order valence-corrected chi connectivity index (χ2v) is 4.97. The van der Waals surface area contributed by atoms with Gasteiger partial charge in [-0.15, -0.1) is 0 Å². The van der Waals surface area contributed by atoms with Crippen molar-refractivity contribution < 1.29 is 0 Å². The van der Waals surface area contributed by atoms with E-state index in [2.05, 4.69) is 36.1 Å². The second kappa shape index (κ2) is 5.06. The van der Waals surface area contributed by atoms with Gasteiger partial charge in [-0.1, -0.05) is 13.0 Å². The number of benzene rings is 1. The Labute approximate surface area is 123 Å². The number of fused-ring (bicyclic) bond motifs is 1. The van der Waals surface area contributed by atoms with Crippen LogP contribution in [0.2, 0.25) is 0 Å². The molecular weight excluding hydrogens is 262 g/mol. The Morgan fingerprint density at radius 3 is 2.76 bits per heavy atom. The third-order valence-corrected chi connectivity index (χ3v) is 3.75. The molecule has 0 fully saturated rings. The highest BCUT2D eigenvalue weighted by atomic mass is 15.3. The van der Waals surface area contributed by atoms with E-state index in [1.54, 1.807) is 6.07 Å². The maximum atomic E-state index is 9.23. The molecule has 0 saturated carbocycles. The highest BCUT2D eigenvalue weighted by Crippen LogP contribution is 2.26. The average Bonchev–Trinajstić information content (AvgIpc) is 3.08. The van der Waals surface area contributed by atoms with E-state index in [4.69, 9.17) is 0 Å². The molecule has 0 aliphatic heterocycles. The molecule has 0 aliphatic rings. The van der Waals surface area contributed by atoms with Crippen molar-refractivity contribution in [2.24, 2.45) is 7.05 Å². The first-order valence-electron chi connectivity index (χ1n) is 7.12. The van der Waals surface area contributed by atoms with Crippen LogP contribution in [0.3, 0.4) is 0 Å². The van der Waals surface area contributed by atoms with E-state index in [0.29, 0.717) is 5.56 Å². The summed E-state index contributed by atoms with van der Waals surface area (Å²) in [6, 6.07) is 9.96. The smallest absolute Gasteiger partial charge is 0.159 e. The fourth-order valence-corrected chi connectivity index (χ4v) is 2.60. The van der Waals surface area contributed by atoms with E-state index >= 15 is 0 Å². The van der Waals surface area contributed by atoms with Crippen molar-refractivity contribution in [1.82, 2.24) is 19.3 Å². The van der Waals surface area contributed by atoms with Gasteiger partial charge in [0.2, 0.25) is 0 Å². The van der Waals surface area contributed by atoms with Crippen molar-refractivity contribution in [2.45, 2.75) is 26.8 Å². The SMILES string of the molecule is CCc1cc(-c2nc3c(C#N)cccc3n2C)n(CC)n1. The monoisotopic (exact) mass is 279 g/mol. The third-order valence-electron chi connectivity index (χ3n) is 3.75. The van der Waals surface area contributed by atoms with E-state index in [1.165, 1.54) is 0 Å². The highest BCUT2D eigenvalue weighted by molar-refractivity contribution is 5.85. The van der Waals surface area contributed by atoms with Crippen molar-refractivity contribution in [1.29, 1.82) is 5.26 Å². The number of nitrogens with zero attached hydrogens (tertiary/aromatic N) is 5. The topological polar surface area (TPSA) is 59.4 Å².